The summed E-state index contributed by atoms with van der Waals surface area (Å²) in [6.07, 6.45) is 12.3. The van der Waals surface area contributed by atoms with E-state index < -0.39 is 35.7 Å². The van der Waals surface area contributed by atoms with Gasteiger partial charge in [-0.05, 0) is 0 Å². The van der Waals surface area contributed by atoms with Crippen LogP contribution >= 0.6 is 0 Å². The third-order valence-corrected chi connectivity index (χ3v) is 24.7. The summed E-state index contributed by atoms with van der Waals surface area (Å²) in [7, 11) is 2.72. The van der Waals surface area contributed by atoms with Crippen LogP contribution in [0.25, 0.3) is 0 Å². The number of carbonyl (C=O) groups is 3. The number of esters is 3. The summed E-state index contributed by atoms with van der Waals surface area (Å²) in [4.78, 5) is 39.0. The molecule has 2 atom stereocenters. The normalized spacial score (nSPS) is 18.7. The van der Waals surface area contributed by atoms with Crippen molar-refractivity contribution in [2.24, 2.45) is 11.3 Å². The molecule has 0 saturated heterocycles. The Labute approximate surface area is 229 Å². The van der Waals surface area contributed by atoms with Gasteiger partial charge in [0.05, 0.1) is 0 Å². The number of methoxy groups -OCH3 is 2. The Hall–Kier alpha value is -1.31. The zero-order valence-corrected chi connectivity index (χ0v) is 27.6. The van der Waals surface area contributed by atoms with Crippen molar-refractivity contribution in [3.8, 4) is 0 Å². The van der Waals surface area contributed by atoms with Crippen LogP contribution in [0.15, 0.2) is 21.3 Å². The van der Waals surface area contributed by atoms with Gasteiger partial charge in [-0.3, -0.25) is 0 Å². The molecular weight excluding hydrogens is 575 g/mol. The SMILES string of the molecule is C/C=[C](/CC(C(=O)OC)(C(=O)OC)[C@@H]1C=C(C)[C@@H](OC(C)=O)CC1)[Sn]([CH2]CCC)([CH2]CCC)[CH2]CCC. The Morgan fingerprint density at radius 1 is 0.946 bits per heavy atom. The third kappa shape index (κ3) is 8.59. The average Bonchev–Trinajstić information content (AvgIpc) is 2.89. The molecule has 0 amide bonds. The Morgan fingerprint density at radius 3 is 1.78 bits per heavy atom. The van der Waals surface area contributed by atoms with Gasteiger partial charge in [-0.15, -0.1) is 0 Å². The molecule has 212 valence electrons. The van der Waals surface area contributed by atoms with Crippen LogP contribution in [0.3, 0.4) is 0 Å². The molecule has 37 heavy (non-hydrogen) atoms. The number of ether oxygens (including phenoxy) is 3. The van der Waals surface area contributed by atoms with E-state index in [4.69, 9.17) is 14.2 Å². The fourth-order valence-electron chi connectivity index (χ4n) is 6.13. The average molecular weight is 627 g/mol. The van der Waals surface area contributed by atoms with Crippen molar-refractivity contribution in [1.29, 1.82) is 0 Å². The Balaban J connectivity index is 3.70. The van der Waals surface area contributed by atoms with Gasteiger partial charge in [0.1, 0.15) is 0 Å². The molecular formula is C30H52O6Sn. The Bertz CT molecular complexity index is 777. The van der Waals surface area contributed by atoms with Crippen LogP contribution in [0.1, 0.15) is 99.3 Å². The van der Waals surface area contributed by atoms with E-state index in [9.17, 15) is 14.4 Å². The number of hydrogen-bond donors (Lipinski definition) is 0. The van der Waals surface area contributed by atoms with E-state index in [1.54, 1.807) is 0 Å². The van der Waals surface area contributed by atoms with E-state index in [2.05, 4.69) is 33.8 Å². The number of carbonyl (C=O) groups excluding carboxylic acids is 3. The summed E-state index contributed by atoms with van der Waals surface area (Å²) >= 11 is -2.95. The van der Waals surface area contributed by atoms with Crippen molar-refractivity contribution in [2.75, 3.05) is 14.2 Å². The van der Waals surface area contributed by atoms with E-state index >= 15 is 0 Å². The summed E-state index contributed by atoms with van der Waals surface area (Å²) in [6, 6.07) is 0. The van der Waals surface area contributed by atoms with Crippen molar-refractivity contribution in [1.82, 2.24) is 0 Å². The summed E-state index contributed by atoms with van der Waals surface area (Å²) in [5.41, 5.74) is -0.580. The first-order valence-electron chi connectivity index (χ1n) is 14.3. The predicted molar refractivity (Wildman–Crippen MR) is 152 cm³/mol. The van der Waals surface area contributed by atoms with E-state index in [1.807, 2.05) is 13.0 Å². The molecule has 0 fully saturated rings. The first-order valence-corrected chi connectivity index (χ1v) is 21.8. The first kappa shape index (κ1) is 33.7. The van der Waals surface area contributed by atoms with Crippen molar-refractivity contribution < 1.29 is 28.6 Å². The topological polar surface area (TPSA) is 78.9 Å². The van der Waals surface area contributed by atoms with Crippen LogP contribution in [-0.4, -0.2) is 56.6 Å². The molecule has 1 aliphatic carbocycles. The molecule has 0 aromatic carbocycles. The standard InChI is InChI=1S/C18H25O6.3C4H9.Sn/c1-6-7-10-18(16(20)22-4,17(21)23-5)14-8-9-15(12(2)11-14)24-13(3)19;3*1-3-4-2;/h6,11,14-15H,8-10H2,1-5H3;3*1,3-4H2,2H3;/t14-,15-;;;;/m0..../s1. The maximum atomic E-state index is 13.7. The molecule has 0 radical (unpaired) electrons. The number of hydrogen-bond acceptors (Lipinski definition) is 6. The van der Waals surface area contributed by atoms with Gasteiger partial charge in [0.15, 0.2) is 0 Å². The van der Waals surface area contributed by atoms with Gasteiger partial charge in [0.25, 0.3) is 0 Å². The predicted octanol–water partition coefficient (Wildman–Crippen LogP) is 7.33. The quantitative estimate of drug-likeness (QED) is 0.0587. The molecule has 0 saturated carbocycles. The van der Waals surface area contributed by atoms with E-state index in [0.29, 0.717) is 19.3 Å². The molecule has 0 unspecified atom stereocenters. The second kappa shape index (κ2) is 16.6. The number of allylic oxidation sites excluding steroid dienone is 3. The maximum absolute atomic E-state index is 13.7. The second-order valence-electron chi connectivity index (χ2n) is 10.7. The fourth-order valence-corrected chi connectivity index (χ4v) is 23.5. The van der Waals surface area contributed by atoms with Gasteiger partial charge in [-0.2, -0.15) is 0 Å². The zero-order chi connectivity index (χ0) is 28.1. The monoisotopic (exact) mass is 628 g/mol. The van der Waals surface area contributed by atoms with Gasteiger partial charge in [-0.1, -0.05) is 0 Å². The molecule has 1 aliphatic rings. The summed E-state index contributed by atoms with van der Waals surface area (Å²) in [5, 5.41) is 0. The van der Waals surface area contributed by atoms with E-state index in [-0.39, 0.29) is 18.0 Å². The van der Waals surface area contributed by atoms with Crippen molar-refractivity contribution in [3.05, 3.63) is 21.3 Å². The molecule has 0 spiro atoms. The van der Waals surface area contributed by atoms with Gasteiger partial charge in [0, 0.05) is 0 Å². The molecule has 0 aromatic heterocycles. The molecule has 6 nitrogen and oxygen atoms in total. The van der Waals surface area contributed by atoms with Crippen LogP contribution in [-0.2, 0) is 28.6 Å². The van der Waals surface area contributed by atoms with Crippen LogP contribution < -0.4 is 0 Å². The molecule has 0 heterocycles. The zero-order valence-electron chi connectivity index (χ0n) is 24.7. The second-order valence-corrected chi connectivity index (χ2v) is 24.2. The van der Waals surface area contributed by atoms with Gasteiger partial charge >= 0.3 is 230 Å². The minimum atomic E-state index is -2.95. The van der Waals surface area contributed by atoms with E-state index in [0.717, 1.165) is 24.8 Å². The molecule has 0 aromatic rings. The molecule has 1 rings (SSSR count). The van der Waals surface area contributed by atoms with Gasteiger partial charge < -0.3 is 0 Å². The van der Waals surface area contributed by atoms with Crippen LogP contribution in [0.2, 0.25) is 13.3 Å². The minimum absolute atomic E-state index is 0.332. The molecule has 0 bridgehead atoms. The number of rotatable bonds is 16. The van der Waals surface area contributed by atoms with Crippen LogP contribution in [0.4, 0.5) is 0 Å². The van der Waals surface area contributed by atoms with Gasteiger partial charge in [-0.25, -0.2) is 0 Å². The number of unbranched alkanes of at least 4 members (excludes halogenated alkanes) is 3. The Morgan fingerprint density at radius 2 is 1.43 bits per heavy atom. The molecule has 0 N–H and O–H groups in total. The van der Waals surface area contributed by atoms with Crippen LogP contribution in [0, 0.1) is 11.3 Å². The summed E-state index contributed by atoms with van der Waals surface area (Å²) in [6.45, 7) is 12.1. The summed E-state index contributed by atoms with van der Waals surface area (Å²) < 4.78 is 21.3. The van der Waals surface area contributed by atoms with Gasteiger partial charge in [0.2, 0.25) is 0 Å². The third-order valence-electron chi connectivity index (χ3n) is 8.28. The van der Waals surface area contributed by atoms with E-state index in [1.165, 1.54) is 57.3 Å². The van der Waals surface area contributed by atoms with Crippen LogP contribution in [0.5, 0.6) is 0 Å². The summed E-state index contributed by atoms with van der Waals surface area (Å²) in [5.74, 6) is -1.77. The van der Waals surface area contributed by atoms with Crippen molar-refractivity contribution >= 4 is 36.3 Å². The fraction of sp³-hybridized carbons (Fsp3) is 0.767. The van der Waals surface area contributed by atoms with Crippen molar-refractivity contribution in [3.63, 3.8) is 0 Å². The first-order chi connectivity index (χ1) is 17.6. The molecule has 7 heteroatoms. The Kier molecular flexibility index (Phi) is 15.1. The molecule has 0 aliphatic heterocycles. The van der Waals surface area contributed by atoms with Crippen molar-refractivity contribution in [2.45, 2.75) is 119 Å².